The number of hydrogen-bond donors (Lipinski definition) is 2. The van der Waals surface area contributed by atoms with Crippen LogP contribution in [0.1, 0.15) is 5.56 Å². The average molecular weight is 316 g/mol. The molecule has 0 aliphatic heterocycles. The summed E-state index contributed by atoms with van der Waals surface area (Å²) in [5.74, 6) is 2.67. The highest BCUT2D eigenvalue weighted by atomic mass is 79.9. The Hall–Kier alpha value is -1.76. The van der Waals surface area contributed by atoms with E-state index in [4.69, 9.17) is 6.42 Å². The Bertz CT molecular complexity index is 574. The quantitative estimate of drug-likeness (QED) is 0.848. The van der Waals surface area contributed by atoms with Gasteiger partial charge in [-0.05, 0) is 29.8 Å². The molecule has 1 atom stereocenters. The standard InChI is InChI=1S/C16H14BrNO/c1-2-16(12-19,13-6-4-3-5-7-13)18-15-10-8-14(17)9-11-15/h1,3-11,18-19H,12H2/t16-/m0/s1. The van der Waals surface area contributed by atoms with Crippen LogP contribution < -0.4 is 5.32 Å². The fourth-order valence-electron chi connectivity index (χ4n) is 1.87. The number of halogens is 1. The van der Waals surface area contributed by atoms with E-state index in [0.717, 1.165) is 15.7 Å². The van der Waals surface area contributed by atoms with E-state index in [1.807, 2.05) is 54.6 Å². The van der Waals surface area contributed by atoms with Crippen molar-refractivity contribution < 1.29 is 5.11 Å². The zero-order chi connectivity index (χ0) is 13.7. The van der Waals surface area contributed by atoms with Gasteiger partial charge in [-0.2, -0.15) is 0 Å². The fourth-order valence-corrected chi connectivity index (χ4v) is 2.13. The van der Waals surface area contributed by atoms with E-state index in [9.17, 15) is 5.11 Å². The molecule has 0 unspecified atom stereocenters. The molecule has 0 heterocycles. The second-order valence-electron chi connectivity index (χ2n) is 4.21. The number of aliphatic hydroxyl groups is 1. The third kappa shape index (κ3) is 2.98. The molecule has 2 N–H and O–H groups in total. The molecular formula is C16H14BrNO. The van der Waals surface area contributed by atoms with Gasteiger partial charge < -0.3 is 10.4 Å². The van der Waals surface area contributed by atoms with E-state index >= 15 is 0 Å². The average Bonchev–Trinajstić information content (AvgIpc) is 2.48. The highest BCUT2D eigenvalue weighted by Gasteiger charge is 2.28. The SMILES string of the molecule is C#C[C@@](CO)(Nc1ccc(Br)cc1)c1ccccc1. The Kier molecular flexibility index (Phi) is 4.26. The molecule has 0 radical (unpaired) electrons. The van der Waals surface area contributed by atoms with Gasteiger partial charge in [-0.1, -0.05) is 52.2 Å². The van der Waals surface area contributed by atoms with Crippen LogP contribution in [0.2, 0.25) is 0 Å². The van der Waals surface area contributed by atoms with Gasteiger partial charge in [-0.25, -0.2) is 0 Å². The Morgan fingerprint density at radius 2 is 1.74 bits per heavy atom. The molecule has 19 heavy (non-hydrogen) atoms. The van der Waals surface area contributed by atoms with Gasteiger partial charge in [0, 0.05) is 10.2 Å². The molecular weight excluding hydrogens is 302 g/mol. The molecule has 0 spiro atoms. The number of rotatable bonds is 4. The van der Waals surface area contributed by atoms with Crippen LogP contribution in [0.15, 0.2) is 59.1 Å². The molecule has 0 fully saturated rings. The summed E-state index contributed by atoms with van der Waals surface area (Å²) in [6, 6.07) is 17.2. The largest absolute Gasteiger partial charge is 0.393 e. The lowest BCUT2D eigenvalue weighted by atomic mass is 9.91. The smallest absolute Gasteiger partial charge is 0.148 e. The summed E-state index contributed by atoms with van der Waals surface area (Å²) < 4.78 is 0.994. The minimum atomic E-state index is -0.908. The third-order valence-corrected chi connectivity index (χ3v) is 3.48. The number of aliphatic hydroxyl groups excluding tert-OH is 1. The minimum Gasteiger partial charge on any atom is -0.393 e. The Morgan fingerprint density at radius 1 is 1.11 bits per heavy atom. The first kappa shape index (κ1) is 13.7. The third-order valence-electron chi connectivity index (χ3n) is 2.95. The molecule has 0 aromatic heterocycles. The van der Waals surface area contributed by atoms with Crippen LogP contribution in [-0.2, 0) is 5.54 Å². The summed E-state index contributed by atoms with van der Waals surface area (Å²) in [7, 11) is 0. The normalized spacial score (nSPS) is 13.3. The van der Waals surface area contributed by atoms with Gasteiger partial charge in [0.15, 0.2) is 0 Å². The van der Waals surface area contributed by atoms with Crippen LogP contribution in [0.5, 0.6) is 0 Å². The molecule has 0 saturated carbocycles. The number of terminal acetylenes is 1. The van der Waals surface area contributed by atoms with Crippen LogP contribution in [0.25, 0.3) is 0 Å². The second-order valence-corrected chi connectivity index (χ2v) is 5.12. The Balaban J connectivity index is 2.36. The Morgan fingerprint density at radius 3 is 2.26 bits per heavy atom. The highest BCUT2D eigenvalue weighted by molar-refractivity contribution is 9.10. The monoisotopic (exact) mass is 315 g/mol. The molecule has 0 aliphatic rings. The lowest BCUT2D eigenvalue weighted by Crippen LogP contribution is -2.37. The zero-order valence-corrected chi connectivity index (χ0v) is 11.9. The zero-order valence-electron chi connectivity index (χ0n) is 10.3. The fraction of sp³-hybridized carbons (Fsp3) is 0.125. The van der Waals surface area contributed by atoms with Crippen molar-refractivity contribution in [2.75, 3.05) is 11.9 Å². The summed E-state index contributed by atoms with van der Waals surface area (Å²) in [6.07, 6.45) is 5.65. The van der Waals surface area contributed by atoms with Crippen LogP contribution in [0, 0.1) is 12.3 Å². The van der Waals surface area contributed by atoms with Gasteiger partial charge in [0.1, 0.15) is 5.54 Å². The lowest BCUT2D eigenvalue weighted by Gasteiger charge is -2.29. The van der Waals surface area contributed by atoms with Crippen molar-refractivity contribution in [3.63, 3.8) is 0 Å². The molecule has 96 valence electrons. The molecule has 2 aromatic rings. The van der Waals surface area contributed by atoms with Crippen molar-refractivity contribution in [3.8, 4) is 12.3 Å². The first-order chi connectivity index (χ1) is 9.20. The van der Waals surface area contributed by atoms with Gasteiger partial charge in [-0.15, -0.1) is 6.42 Å². The molecule has 2 nitrogen and oxygen atoms in total. The van der Waals surface area contributed by atoms with Crippen molar-refractivity contribution in [1.29, 1.82) is 0 Å². The predicted octanol–water partition coefficient (Wildman–Crippen LogP) is 3.38. The van der Waals surface area contributed by atoms with E-state index in [1.54, 1.807) is 0 Å². The van der Waals surface area contributed by atoms with E-state index in [-0.39, 0.29) is 6.61 Å². The van der Waals surface area contributed by atoms with Crippen molar-refractivity contribution in [1.82, 2.24) is 0 Å². The topological polar surface area (TPSA) is 32.3 Å². The highest BCUT2D eigenvalue weighted by Crippen LogP contribution is 2.26. The molecule has 3 heteroatoms. The molecule has 0 aliphatic carbocycles. The first-order valence-electron chi connectivity index (χ1n) is 5.88. The van der Waals surface area contributed by atoms with Crippen molar-refractivity contribution >= 4 is 21.6 Å². The van der Waals surface area contributed by atoms with Gasteiger partial charge >= 0.3 is 0 Å². The maximum atomic E-state index is 9.73. The van der Waals surface area contributed by atoms with Crippen LogP contribution in [0.4, 0.5) is 5.69 Å². The summed E-state index contributed by atoms with van der Waals surface area (Å²) in [6.45, 7) is -0.177. The number of hydrogen-bond acceptors (Lipinski definition) is 2. The second kappa shape index (κ2) is 5.92. The van der Waals surface area contributed by atoms with Crippen LogP contribution in [-0.4, -0.2) is 11.7 Å². The van der Waals surface area contributed by atoms with E-state index < -0.39 is 5.54 Å². The number of nitrogens with one attached hydrogen (secondary N) is 1. The first-order valence-corrected chi connectivity index (χ1v) is 6.67. The van der Waals surface area contributed by atoms with Crippen LogP contribution >= 0.6 is 15.9 Å². The van der Waals surface area contributed by atoms with Gasteiger partial charge in [0.25, 0.3) is 0 Å². The summed E-state index contributed by atoms with van der Waals surface area (Å²) >= 11 is 3.39. The van der Waals surface area contributed by atoms with E-state index in [0.29, 0.717) is 0 Å². The Labute approximate surface area is 121 Å². The maximum absolute atomic E-state index is 9.73. The molecule has 0 bridgehead atoms. The number of benzene rings is 2. The molecule has 2 aromatic carbocycles. The predicted molar refractivity (Wildman–Crippen MR) is 81.8 cm³/mol. The van der Waals surface area contributed by atoms with E-state index in [1.165, 1.54) is 0 Å². The van der Waals surface area contributed by atoms with Crippen molar-refractivity contribution in [2.24, 2.45) is 0 Å². The van der Waals surface area contributed by atoms with Gasteiger partial charge in [0.2, 0.25) is 0 Å². The maximum Gasteiger partial charge on any atom is 0.148 e. The van der Waals surface area contributed by atoms with E-state index in [2.05, 4.69) is 27.2 Å². The van der Waals surface area contributed by atoms with Gasteiger partial charge in [-0.3, -0.25) is 0 Å². The summed E-state index contributed by atoms with van der Waals surface area (Å²) in [5.41, 5.74) is 0.816. The van der Waals surface area contributed by atoms with Gasteiger partial charge in [0.05, 0.1) is 6.61 Å². The summed E-state index contributed by atoms with van der Waals surface area (Å²) in [5, 5.41) is 13.0. The van der Waals surface area contributed by atoms with Crippen molar-refractivity contribution in [3.05, 3.63) is 64.6 Å². The molecule has 2 rings (SSSR count). The molecule has 0 amide bonds. The number of anilines is 1. The van der Waals surface area contributed by atoms with Crippen molar-refractivity contribution in [2.45, 2.75) is 5.54 Å². The molecule has 0 saturated heterocycles. The summed E-state index contributed by atoms with van der Waals surface area (Å²) in [4.78, 5) is 0. The van der Waals surface area contributed by atoms with Crippen LogP contribution in [0.3, 0.4) is 0 Å². The lowest BCUT2D eigenvalue weighted by molar-refractivity contribution is 0.246. The minimum absolute atomic E-state index is 0.177.